The number of hydrogen-bond donors (Lipinski definition) is 0. The standard InChI is InChI=1S/C26H27N3O6S/c1-5-34-23-18(7-6-8-19(23)33-4)22-21(25(31)35-14-13-32-3)16(2)28-26-29(22)24(30)20(36-26)15-17-9-11-27-12-10-17/h6-12,15,22H,5,13-14H2,1-4H3/b20-15+/t22-/m1/s1. The number of carbonyl (C=O) groups excluding carboxylic acids is 1. The highest BCUT2D eigenvalue weighted by atomic mass is 32.1. The van der Waals surface area contributed by atoms with Crippen molar-refractivity contribution in [1.82, 2.24) is 9.55 Å². The van der Waals surface area contributed by atoms with Gasteiger partial charge in [0, 0.05) is 25.1 Å². The van der Waals surface area contributed by atoms with E-state index < -0.39 is 12.0 Å². The lowest BCUT2D eigenvalue weighted by Crippen LogP contribution is -2.40. The number of allylic oxidation sites excluding steroid dienone is 1. The zero-order valence-electron chi connectivity index (χ0n) is 20.5. The van der Waals surface area contributed by atoms with Crippen LogP contribution < -0.4 is 24.4 Å². The van der Waals surface area contributed by atoms with E-state index in [0.29, 0.717) is 38.7 Å². The summed E-state index contributed by atoms with van der Waals surface area (Å²) >= 11 is 1.25. The Hall–Kier alpha value is -3.76. The third-order valence-electron chi connectivity index (χ3n) is 5.58. The molecule has 1 aliphatic heterocycles. The van der Waals surface area contributed by atoms with Crippen LogP contribution in [0, 0.1) is 0 Å². The van der Waals surface area contributed by atoms with Crippen molar-refractivity contribution in [3.05, 3.63) is 84.8 Å². The quantitative estimate of drug-likeness (QED) is 0.322. The van der Waals surface area contributed by atoms with Crippen molar-refractivity contribution in [2.75, 3.05) is 34.0 Å². The molecule has 1 atom stereocenters. The maximum Gasteiger partial charge on any atom is 0.338 e. The molecule has 0 saturated carbocycles. The van der Waals surface area contributed by atoms with Crippen molar-refractivity contribution in [2.24, 2.45) is 4.99 Å². The minimum atomic E-state index is -0.826. The summed E-state index contributed by atoms with van der Waals surface area (Å²) in [6, 6.07) is 8.19. The minimum Gasteiger partial charge on any atom is -0.493 e. The van der Waals surface area contributed by atoms with Gasteiger partial charge in [-0.05, 0) is 43.7 Å². The summed E-state index contributed by atoms with van der Waals surface area (Å²) in [5.74, 6) is 0.370. The van der Waals surface area contributed by atoms with Crippen molar-refractivity contribution in [2.45, 2.75) is 19.9 Å². The lowest BCUT2D eigenvalue weighted by atomic mass is 9.94. The molecular formula is C26H27N3O6S. The van der Waals surface area contributed by atoms with E-state index in [9.17, 15) is 9.59 Å². The number of rotatable bonds is 9. The van der Waals surface area contributed by atoms with Crippen molar-refractivity contribution < 1.29 is 23.7 Å². The number of aromatic nitrogens is 2. The molecule has 0 aliphatic carbocycles. The second-order valence-electron chi connectivity index (χ2n) is 7.80. The fraction of sp³-hybridized carbons (Fsp3) is 0.308. The van der Waals surface area contributed by atoms with Crippen LogP contribution in [0.2, 0.25) is 0 Å². The molecule has 0 N–H and O–H groups in total. The number of fused-ring (bicyclic) bond motifs is 1. The van der Waals surface area contributed by atoms with Crippen LogP contribution in [0.15, 0.2) is 63.8 Å². The summed E-state index contributed by atoms with van der Waals surface area (Å²) in [6.07, 6.45) is 5.11. The third-order valence-corrected chi connectivity index (χ3v) is 6.56. The monoisotopic (exact) mass is 509 g/mol. The molecule has 0 unspecified atom stereocenters. The Labute approximate surface area is 212 Å². The van der Waals surface area contributed by atoms with Gasteiger partial charge in [0.25, 0.3) is 5.56 Å². The summed E-state index contributed by atoms with van der Waals surface area (Å²) < 4.78 is 24.0. The van der Waals surface area contributed by atoms with Gasteiger partial charge in [0.05, 0.1) is 36.1 Å². The summed E-state index contributed by atoms with van der Waals surface area (Å²) in [7, 11) is 3.07. The van der Waals surface area contributed by atoms with E-state index >= 15 is 0 Å². The van der Waals surface area contributed by atoms with Gasteiger partial charge in [-0.15, -0.1) is 0 Å². The molecule has 0 radical (unpaired) electrons. The van der Waals surface area contributed by atoms with Gasteiger partial charge in [-0.2, -0.15) is 0 Å². The summed E-state index contributed by atoms with van der Waals surface area (Å²) in [6.45, 7) is 4.28. The Kier molecular flexibility index (Phi) is 7.97. The second kappa shape index (κ2) is 11.3. The van der Waals surface area contributed by atoms with Gasteiger partial charge in [0.15, 0.2) is 16.3 Å². The molecule has 0 bridgehead atoms. The van der Waals surface area contributed by atoms with E-state index in [4.69, 9.17) is 18.9 Å². The molecule has 1 aliphatic rings. The average molecular weight is 510 g/mol. The molecule has 36 heavy (non-hydrogen) atoms. The van der Waals surface area contributed by atoms with Crippen LogP contribution in [0.3, 0.4) is 0 Å². The second-order valence-corrected chi connectivity index (χ2v) is 8.81. The Bertz CT molecular complexity index is 1460. The first kappa shape index (κ1) is 25.3. The lowest BCUT2D eigenvalue weighted by molar-refractivity contribution is -0.140. The number of thiazole rings is 1. The maximum atomic E-state index is 13.8. The van der Waals surface area contributed by atoms with E-state index in [-0.39, 0.29) is 24.3 Å². The Morgan fingerprint density at radius 1 is 1.17 bits per heavy atom. The van der Waals surface area contributed by atoms with Crippen LogP contribution in [0.4, 0.5) is 0 Å². The highest BCUT2D eigenvalue weighted by Gasteiger charge is 2.36. The zero-order chi connectivity index (χ0) is 25.7. The van der Waals surface area contributed by atoms with Crippen molar-refractivity contribution in [3.63, 3.8) is 0 Å². The predicted octanol–water partition coefficient (Wildman–Crippen LogP) is 2.23. The molecule has 2 aromatic heterocycles. The first-order valence-electron chi connectivity index (χ1n) is 11.4. The molecule has 188 valence electrons. The van der Waals surface area contributed by atoms with Crippen LogP contribution in [-0.2, 0) is 14.3 Å². The molecule has 1 aromatic carbocycles. The predicted molar refractivity (Wildman–Crippen MR) is 135 cm³/mol. The minimum absolute atomic E-state index is 0.0712. The van der Waals surface area contributed by atoms with Gasteiger partial charge in [0.2, 0.25) is 0 Å². The van der Waals surface area contributed by atoms with Gasteiger partial charge >= 0.3 is 5.97 Å². The highest BCUT2D eigenvalue weighted by molar-refractivity contribution is 7.07. The first-order valence-corrected chi connectivity index (χ1v) is 12.2. The number of pyridine rings is 1. The third kappa shape index (κ3) is 4.95. The zero-order valence-corrected chi connectivity index (χ0v) is 21.3. The SMILES string of the molecule is CCOc1c(OC)cccc1[C@@H]1C(C(=O)OCCOC)=C(C)N=c2s/c(=C/c3ccncc3)c(=O)n21. The normalized spacial score (nSPS) is 15.3. The molecule has 3 aromatic rings. The number of para-hydroxylation sites is 1. The van der Waals surface area contributed by atoms with E-state index in [1.165, 1.54) is 23.0 Å². The fourth-order valence-corrected chi connectivity index (χ4v) is 5.04. The molecule has 3 heterocycles. The largest absolute Gasteiger partial charge is 0.493 e. The van der Waals surface area contributed by atoms with Gasteiger partial charge in [0.1, 0.15) is 12.6 Å². The van der Waals surface area contributed by atoms with Crippen molar-refractivity contribution >= 4 is 23.4 Å². The summed E-state index contributed by atoms with van der Waals surface area (Å²) in [4.78, 5) is 36.2. The smallest absolute Gasteiger partial charge is 0.338 e. The maximum absolute atomic E-state index is 13.8. The van der Waals surface area contributed by atoms with E-state index in [1.54, 1.807) is 44.6 Å². The fourth-order valence-electron chi connectivity index (χ4n) is 3.99. The number of methoxy groups -OCH3 is 2. The van der Waals surface area contributed by atoms with Gasteiger partial charge in [-0.25, -0.2) is 9.79 Å². The molecular weight excluding hydrogens is 482 g/mol. The highest BCUT2D eigenvalue weighted by Crippen LogP contribution is 2.40. The van der Waals surface area contributed by atoms with Crippen LogP contribution in [0.1, 0.15) is 31.0 Å². The molecule has 10 heteroatoms. The molecule has 0 spiro atoms. The Morgan fingerprint density at radius 2 is 1.94 bits per heavy atom. The van der Waals surface area contributed by atoms with Crippen LogP contribution in [0.25, 0.3) is 6.08 Å². The first-order chi connectivity index (χ1) is 17.5. The summed E-state index contributed by atoms with van der Waals surface area (Å²) in [5, 5.41) is 0. The van der Waals surface area contributed by atoms with Crippen molar-refractivity contribution in [1.29, 1.82) is 0 Å². The number of carbonyl (C=O) groups is 1. The van der Waals surface area contributed by atoms with Gasteiger partial charge in [-0.1, -0.05) is 23.5 Å². The summed E-state index contributed by atoms with van der Waals surface area (Å²) in [5.41, 5.74) is 1.87. The van der Waals surface area contributed by atoms with Gasteiger partial charge in [-0.3, -0.25) is 14.3 Å². The number of benzene rings is 1. The molecule has 4 rings (SSSR count). The molecule has 0 saturated heterocycles. The van der Waals surface area contributed by atoms with E-state index in [1.807, 2.05) is 25.1 Å². The number of hydrogen-bond acceptors (Lipinski definition) is 9. The van der Waals surface area contributed by atoms with Gasteiger partial charge < -0.3 is 18.9 Å². The topological polar surface area (TPSA) is 101 Å². The molecule has 9 nitrogen and oxygen atoms in total. The Balaban J connectivity index is 1.97. The van der Waals surface area contributed by atoms with Crippen LogP contribution >= 0.6 is 11.3 Å². The van der Waals surface area contributed by atoms with Crippen molar-refractivity contribution in [3.8, 4) is 11.5 Å². The van der Waals surface area contributed by atoms with E-state index in [2.05, 4.69) is 9.98 Å². The molecule has 0 amide bonds. The number of ether oxygens (including phenoxy) is 4. The average Bonchev–Trinajstić information content (AvgIpc) is 3.18. The number of nitrogens with zero attached hydrogens (tertiary/aromatic N) is 3. The lowest BCUT2D eigenvalue weighted by Gasteiger charge is -2.27. The number of esters is 1. The van der Waals surface area contributed by atoms with Crippen LogP contribution in [-0.4, -0.2) is 49.6 Å². The van der Waals surface area contributed by atoms with Crippen LogP contribution in [0.5, 0.6) is 11.5 Å². The Morgan fingerprint density at radius 3 is 2.64 bits per heavy atom. The molecule has 0 fully saturated rings. The van der Waals surface area contributed by atoms with E-state index in [0.717, 1.165) is 5.56 Å².